The zero-order valence-electron chi connectivity index (χ0n) is 23.1. The summed E-state index contributed by atoms with van der Waals surface area (Å²) >= 11 is 0. The van der Waals surface area contributed by atoms with Gasteiger partial charge in [-0.3, -0.25) is 0 Å². The summed E-state index contributed by atoms with van der Waals surface area (Å²) in [4.78, 5) is 0. The van der Waals surface area contributed by atoms with Gasteiger partial charge in [0, 0.05) is 0 Å². The summed E-state index contributed by atoms with van der Waals surface area (Å²) in [6.45, 7) is 0. The third-order valence-electron chi connectivity index (χ3n) is 12.5. The molecular formula is C34H60. The van der Waals surface area contributed by atoms with Gasteiger partial charge in [0.1, 0.15) is 0 Å². The molecule has 5 rings (SSSR count). The van der Waals surface area contributed by atoms with Crippen LogP contribution < -0.4 is 0 Å². The van der Waals surface area contributed by atoms with Crippen molar-refractivity contribution < 1.29 is 0 Å². The molecule has 3 atom stereocenters. The Bertz CT molecular complexity index is 537. The van der Waals surface area contributed by atoms with E-state index in [2.05, 4.69) is 0 Å². The Labute approximate surface area is 214 Å². The van der Waals surface area contributed by atoms with Crippen LogP contribution in [0.25, 0.3) is 0 Å². The van der Waals surface area contributed by atoms with Crippen LogP contribution in [0.3, 0.4) is 0 Å². The second kappa shape index (κ2) is 13.0. The quantitative estimate of drug-likeness (QED) is 0.315. The highest BCUT2D eigenvalue weighted by Crippen LogP contribution is 2.60. The fourth-order valence-corrected chi connectivity index (χ4v) is 10.5. The van der Waals surface area contributed by atoms with E-state index < -0.39 is 0 Å². The average Bonchev–Trinajstić information content (AvgIpc) is 2.92. The van der Waals surface area contributed by atoms with E-state index in [0.717, 1.165) is 40.9 Å². The molecule has 0 amide bonds. The largest absolute Gasteiger partial charge is 0.0533 e. The van der Waals surface area contributed by atoms with Gasteiger partial charge < -0.3 is 0 Å². The van der Waals surface area contributed by atoms with Crippen molar-refractivity contribution in [3.63, 3.8) is 0 Å². The fourth-order valence-electron chi connectivity index (χ4n) is 10.5. The van der Waals surface area contributed by atoms with Gasteiger partial charge >= 0.3 is 0 Å². The molecule has 5 fully saturated rings. The summed E-state index contributed by atoms with van der Waals surface area (Å²) in [5.41, 5.74) is 0.743. The molecule has 0 N–H and O–H groups in total. The van der Waals surface area contributed by atoms with E-state index in [-0.39, 0.29) is 0 Å². The lowest BCUT2D eigenvalue weighted by Gasteiger charge is -2.57. The average molecular weight is 469 g/mol. The molecule has 0 bridgehead atoms. The molecule has 0 aromatic rings. The second-order valence-electron chi connectivity index (χ2n) is 14.3. The van der Waals surface area contributed by atoms with Crippen LogP contribution in [0.2, 0.25) is 0 Å². The van der Waals surface area contributed by atoms with Crippen molar-refractivity contribution in [1.29, 1.82) is 0 Å². The Morgan fingerprint density at radius 1 is 0.382 bits per heavy atom. The Balaban J connectivity index is 1.33. The molecule has 3 unspecified atom stereocenters. The monoisotopic (exact) mass is 468 g/mol. The van der Waals surface area contributed by atoms with Gasteiger partial charge in [0.15, 0.2) is 0 Å². The van der Waals surface area contributed by atoms with Crippen molar-refractivity contribution in [2.45, 2.75) is 173 Å². The van der Waals surface area contributed by atoms with Gasteiger partial charge in [0.25, 0.3) is 0 Å². The molecule has 0 spiro atoms. The minimum absolute atomic E-state index is 0.743. The van der Waals surface area contributed by atoms with Gasteiger partial charge in [-0.25, -0.2) is 0 Å². The van der Waals surface area contributed by atoms with E-state index in [1.165, 1.54) is 57.8 Å². The summed E-state index contributed by atoms with van der Waals surface area (Å²) in [5, 5.41) is 0. The van der Waals surface area contributed by atoms with Crippen molar-refractivity contribution in [2.24, 2.45) is 40.9 Å². The number of hydrogen-bond donors (Lipinski definition) is 0. The highest BCUT2D eigenvalue weighted by atomic mass is 14.6. The summed E-state index contributed by atoms with van der Waals surface area (Å²) in [6.07, 6.45) is 42.4. The Morgan fingerprint density at radius 2 is 0.853 bits per heavy atom. The topological polar surface area (TPSA) is 0 Å². The SMILES string of the molecule is C1CCC(CCC2CCC3CCCCC3C2(CCC2CCCCC2)CCC2CCCCC2)CC1. The first kappa shape index (κ1) is 25.6. The first-order chi connectivity index (χ1) is 16.8. The highest BCUT2D eigenvalue weighted by molar-refractivity contribution is 5.01. The van der Waals surface area contributed by atoms with E-state index >= 15 is 0 Å². The Morgan fingerprint density at radius 3 is 1.41 bits per heavy atom. The number of hydrogen-bond acceptors (Lipinski definition) is 0. The standard InChI is InChI=1S/C34H60/c1-4-12-28(13-5-1)20-22-32-23-21-31-18-10-11-19-33(31)34(32,26-24-29-14-6-2-7-15-29)27-25-30-16-8-3-9-17-30/h28-33H,1-27H2. The van der Waals surface area contributed by atoms with Crippen LogP contribution in [0.15, 0.2) is 0 Å². The maximum absolute atomic E-state index is 1.64. The smallest absolute Gasteiger partial charge is 0.0238 e. The van der Waals surface area contributed by atoms with Crippen LogP contribution in [0.4, 0.5) is 0 Å². The molecule has 0 heterocycles. The maximum atomic E-state index is 1.64. The maximum Gasteiger partial charge on any atom is -0.0238 e. The molecule has 34 heavy (non-hydrogen) atoms. The van der Waals surface area contributed by atoms with Crippen molar-refractivity contribution in [1.82, 2.24) is 0 Å². The lowest BCUT2D eigenvalue weighted by atomic mass is 9.48. The first-order valence-corrected chi connectivity index (χ1v) is 16.8. The minimum atomic E-state index is 0.743. The predicted octanol–water partition coefficient (Wildman–Crippen LogP) is 11.3. The summed E-state index contributed by atoms with van der Waals surface area (Å²) < 4.78 is 0. The van der Waals surface area contributed by atoms with Crippen molar-refractivity contribution in [3.05, 3.63) is 0 Å². The van der Waals surface area contributed by atoms with Crippen molar-refractivity contribution in [3.8, 4) is 0 Å². The summed E-state index contributed by atoms with van der Waals surface area (Å²) in [5.74, 6) is 6.57. The van der Waals surface area contributed by atoms with Gasteiger partial charge in [-0.1, -0.05) is 122 Å². The molecule has 0 heteroatoms. The van der Waals surface area contributed by atoms with Gasteiger partial charge in [-0.05, 0) is 92.3 Å². The van der Waals surface area contributed by atoms with Gasteiger partial charge in [0.2, 0.25) is 0 Å². The van der Waals surface area contributed by atoms with E-state index in [4.69, 9.17) is 0 Å². The third kappa shape index (κ3) is 6.46. The van der Waals surface area contributed by atoms with Crippen LogP contribution in [0.5, 0.6) is 0 Å². The third-order valence-corrected chi connectivity index (χ3v) is 12.5. The zero-order valence-corrected chi connectivity index (χ0v) is 23.1. The second-order valence-corrected chi connectivity index (χ2v) is 14.3. The lowest BCUT2D eigenvalue weighted by Crippen LogP contribution is -2.47. The molecule has 0 saturated heterocycles. The van der Waals surface area contributed by atoms with Crippen LogP contribution in [-0.4, -0.2) is 0 Å². The van der Waals surface area contributed by atoms with E-state index in [1.54, 1.807) is 116 Å². The van der Waals surface area contributed by atoms with Gasteiger partial charge in [0.05, 0.1) is 0 Å². The van der Waals surface area contributed by atoms with Gasteiger partial charge in [-0.2, -0.15) is 0 Å². The van der Waals surface area contributed by atoms with E-state index in [0.29, 0.717) is 0 Å². The summed E-state index contributed by atoms with van der Waals surface area (Å²) in [7, 11) is 0. The molecule has 0 aliphatic heterocycles. The molecule has 196 valence electrons. The van der Waals surface area contributed by atoms with Crippen LogP contribution >= 0.6 is 0 Å². The molecular weight excluding hydrogens is 408 g/mol. The first-order valence-electron chi connectivity index (χ1n) is 16.8. The molecule has 0 aromatic carbocycles. The number of fused-ring (bicyclic) bond motifs is 1. The molecule has 5 aliphatic carbocycles. The van der Waals surface area contributed by atoms with Crippen LogP contribution in [0, 0.1) is 40.9 Å². The fraction of sp³-hybridized carbons (Fsp3) is 1.00. The molecule has 5 saturated carbocycles. The Hall–Kier alpha value is 0. The van der Waals surface area contributed by atoms with Crippen molar-refractivity contribution >= 4 is 0 Å². The molecule has 0 aromatic heterocycles. The highest BCUT2D eigenvalue weighted by Gasteiger charge is 2.51. The van der Waals surface area contributed by atoms with Crippen molar-refractivity contribution in [2.75, 3.05) is 0 Å². The zero-order chi connectivity index (χ0) is 23.1. The Kier molecular flexibility index (Phi) is 9.80. The molecule has 5 aliphatic rings. The lowest BCUT2D eigenvalue weighted by molar-refractivity contribution is -0.0675. The van der Waals surface area contributed by atoms with Crippen LogP contribution in [0.1, 0.15) is 173 Å². The molecule has 0 nitrogen and oxygen atoms in total. The number of rotatable bonds is 9. The minimum Gasteiger partial charge on any atom is -0.0533 e. The normalized spacial score (nSPS) is 34.1. The summed E-state index contributed by atoms with van der Waals surface area (Å²) in [6, 6.07) is 0. The van der Waals surface area contributed by atoms with Gasteiger partial charge in [-0.15, -0.1) is 0 Å². The van der Waals surface area contributed by atoms with E-state index in [1.807, 2.05) is 0 Å². The van der Waals surface area contributed by atoms with E-state index in [9.17, 15) is 0 Å². The van der Waals surface area contributed by atoms with Crippen LogP contribution in [-0.2, 0) is 0 Å². The predicted molar refractivity (Wildman–Crippen MR) is 148 cm³/mol. The molecule has 0 radical (unpaired) electrons.